The van der Waals surface area contributed by atoms with Crippen LogP contribution in [0.3, 0.4) is 0 Å². The molecule has 0 bridgehead atoms. The van der Waals surface area contributed by atoms with E-state index < -0.39 is 11.9 Å². The molecule has 1 aromatic carbocycles. The Hall–Kier alpha value is -1.31. The van der Waals surface area contributed by atoms with Crippen LogP contribution in [0.1, 0.15) is 52.5 Å². The van der Waals surface area contributed by atoms with E-state index in [1.807, 2.05) is 44.2 Å². The molecule has 0 aliphatic carbocycles. The van der Waals surface area contributed by atoms with Crippen molar-refractivity contribution in [3.8, 4) is 0 Å². The van der Waals surface area contributed by atoms with Gasteiger partial charge in [0, 0.05) is 0 Å². The monoisotopic (exact) mass is 236 g/mol. The molecule has 2 nitrogen and oxygen atoms in total. The van der Waals surface area contributed by atoms with Crippen LogP contribution in [-0.4, -0.2) is 11.1 Å². The molecule has 0 aliphatic heterocycles. The highest BCUT2D eigenvalue weighted by Crippen LogP contribution is 2.31. The number of rotatable bonds is 3. The van der Waals surface area contributed by atoms with Gasteiger partial charge in [-0.1, -0.05) is 65.0 Å². The first-order valence-corrected chi connectivity index (χ1v) is 6.18. The van der Waals surface area contributed by atoms with Crippen LogP contribution in [0.4, 0.5) is 0 Å². The number of aliphatic carboxylic acids is 1. The maximum Gasteiger partial charge on any atom is 0.310 e. The molecule has 0 saturated heterocycles. The minimum absolute atomic E-state index is 0.0267. The summed E-state index contributed by atoms with van der Waals surface area (Å²) in [6.07, 6.45) is 0.659. The molecule has 0 radical (unpaired) electrons. The van der Waals surface area contributed by atoms with E-state index in [0.717, 1.165) is 5.56 Å². The van der Waals surface area contributed by atoms with Crippen LogP contribution in [0, 0.1) is 5.41 Å². The Balaban J connectivity index is 0.00000121. The van der Waals surface area contributed by atoms with Gasteiger partial charge in [0.05, 0.1) is 5.92 Å². The zero-order valence-electron chi connectivity index (χ0n) is 11.5. The summed E-state index contributed by atoms with van der Waals surface area (Å²) >= 11 is 0. The molecule has 1 rings (SSSR count). The fourth-order valence-corrected chi connectivity index (χ4v) is 1.65. The van der Waals surface area contributed by atoms with Crippen LogP contribution in [0.2, 0.25) is 0 Å². The largest absolute Gasteiger partial charge is 0.481 e. The van der Waals surface area contributed by atoms with Gasteiger partial charge in [0.2, 0.25) is 0 Å². The van der Waals surface area contributed by atoms with Crippen molar-refractivity contribution in [1.29, 1.82) is 0 Å². The van der Waals surface area contributed by atoms with E-state index in [2.05, 4.69) is 20.8 Å². The van der Waals surface area contributed by atoms with E-state index in [4.69, 9.17) is 0 Å². The first-order chi connectivity index (χ1) is 7.90. The molecule has 0 fully saturated rings. The average Bonchev–Trinajstić information content (AvgIpc) is 2.28. The van der Waals surface area contributed by atoms with Crippen molar-refractivity contribution in [2.45, 2.75) is 47.0 Å². The Morgan fingerprint density at radius 1 is 1.18 bits per heavy atom. The highest BCUT2D eigenvalue weighted by atomic mass is 16.4. The van der Waals surface area contributed by atoms with Crippen LogP contribution in [0.5, 0.6) is 0 Å². The standard InChI is InChI=1S/C13H18O2.C2H6/c1-13(2,3)9-11(12(14)15)10-7-5-4-6-8-10;1-2/h4-8,11H,9H2,1-3H3,(H,14,15);1-2H3/t11-;/m1./s1. The van der Waals surface area contributed by atoms with E-state index in [1.165, 1.54) is 0 Å². The lowest BCUT2D eigenvalue weighted by Crippen LogP contribution is -2.19. The number of hydrogen-bond acceptors (Lipinski definition) is 1. The summed E-state index contributed by atoms with van der Waals surface area (Å²) in [5.74, 6) is -1.14. The molecule has 0 amide bonds. The van der Waals surface area contributed by atoms with E-state index in [9.17, 15) is 9.90 Å². The first kappa shape index (κ1) is 15.7. The zero-order valence-corrected chi connectivity index (χ0v) is 11.5. The SMILES string of the molecule is CC.CC(C)(C)C[C@@H](C(=O)O)c1ccccc1. The minimum atomic E-state index is -0.740. The van der Waals surface area contributed by atoms with Crippen molar-refractivity contribution < 1.29 is 9.90 Å². The Bertz CT molecular complexity index is 323. The molecule has 0 heterocycles. The predicted octanol–water partition coefficient (Wildman–Crippen LogP) is 4.32. The first-order valence-electron chi connectivity index (χ1n) is 6.18. The third-order valence-electron chi connectivity index (χ3n) is 2.32. The fraction of sp³-hybridized carbons (Fsp3) is 0.533. The molecule has 0 unspecified atom stereocenters. The molecule has 2 heteroatoms. The summed E-state index contributed by atoms with van der Waals surface area (Å²) in [7, 11) is 0. The van der Waals surface area contributed by atoms with Gasteiger partial charge in [-0.2, -0.15) is 0 Å². The second-order valence-electron chi connectivity index (χ2n) is 5.07. The van der Waals surface area contributed by atoms with Crippen molar-refractivity contribution in [3.05, 3.63) is 35.9 Å². The Kier molecular flexibility index (Phi) is 6.55. The third-order valence-corrected chi connectivity index (χ3v) is 2.32. The molecule has 96 valence electrons. The molecule has 1 aromatic rings. The molecule has 0 aliphatic rings. The lowest BCUT2D eigenvalue weighted by Gasteiger charge is -2.23. The molecule has 17 heavy (non-hydrogen) atoms. The van der Waals surface area contributed by atoms with Crippen molar-refractivity contribution in [3.63, 3.8) is 0 Å². The Labute approximate surface area is 105 Å². The van der Waals surface area contributed by atoms with Crippen LogP contribution in [-0.2, 0) is 4.79 Å². The van der Waals surface area contributed by atoms with E-state index >= 15 is 0 Å². The second kappa shape index (κ2) is 7.10. The summed E-state index contributed by atoms with van der Waals surface area (Å²) in [6.45, 7) is 10.2. The molecular formula is C15H24O2. The normalized spacial score (nSPS) is 12.3. The average molecular weight is 236 g/mol. The van der Waals surface area contributed by atoms with Gasteiger partial charge >= 0.3 is 5.97 Å². The summed E-state index contributed by atoms with van der Waals surface area (Å²) in [4.78, 5) is 11.2. The Morgan fingerprint density at radius 3 is 2.00 bits per heavy atom. The smallest absolute Gasteiger partial charge is 0.310 e. The van der Waals surface area contributed by atoms with Crippen molar-refractivity contribution in [1.82, 2.24) is 0 Å². The topological polar surface area (TPSA) is 37.3 Å². The van der Waals surface area contributed by atoms with Gasteiger partial charge in [-0.3, -0.25) is 4.79 Å². The quantitative estimate of drug-likeness (QED) is 0.848. The maximum atomic E-state index is 11.2. The summed E-state index contributed by atoms with van der Waals surface area (Å²) in [5.41, 5.74) is 0.916. The number of benzene rings is 1. The lowest BCUT2D eigenvalue weighted by atomic mass is 9.81. The number of carboxylic acid groups (broad SMARTS) is 1. The second-order valence-corrected chi connectivity index (χ2v) is 5.07. The molecule has 0 spiro atoms. The minimum Gasteiger partial charge on any atom is -0.481 e. The maximum absolute atomic E-state index is 11.2. The molecule has 0 aromatic heterocycles. The fourth-order valence-electron chi connectivity index (χ4n) is 1.65. The molecule has 1 atom stereocenters. The van der Waals surface area contributed by atoms with Crippen LogP contribution < -0.4 is 0 Å². The molecule has 1 N–H and O–H groups in total. The van der Waals surface area contributed by atoms with Crippen molar-refractivity contribution >= 4 is 5.97 Å². The number of carbonyl (C=O) groups is 1. The van der Waals surface area contributed by atoms with Crippen molar-refractivity contribution in [2.24, 2.45) is 5.41 Å². The highest BCUT2D eigenvalue weighted by molar-refractivity contribution is 5.76. The van der Waals surface area contributed by atoms with Crippen LogP contribution in [0.25, 0.3) is 0 Å². The van der Waals surface area contributed by atoms with Gasteiger partial charge < -0.3 is 5.11 Å². The summed E-state index contributed by atoms with van der Waals surface area (Å²) in [6, 6.07) is 9.43. The van der Waals surface area contributed by atoms with E-state index in [-0.39, 0.29) is 5.41 Å². The summed E-state index contributed by atoms with van der Waals surface area (Å²) in [5, 5.41) is 9.19. The van der Waals surface area contributed by atoms with Crippen LogP contribution >= 0.6 is 0 Å². The molecular weight excluding hydrogens is 212 g/mol. The Morgan fingerprint density at radius 2 is 1.65 bits per heavy atom. The summed E-state index contributed by atoms with van der Waals surface area (Å²) < 4.78 is 0. The lowest BCUT2D eigenvalue weighted by molar-refractivity contribution is -0.139. The third kappa shape index (κ3) is 6.10. The van der Waals surface area contributed by atoms with Gasteiger partial charge in [0.15, 0.2) is 0 Å². The van der Waals surface area contributed by atoms with Crippen molar-refractivity contribution in [2.75, 3.05) is 0 Å². The van der Waals surface area contributed by atoms with Gasteiger partial charge in [-0.15, -0.1) is 0 Å². The number of hydrogen-bond donors (Lipinski definition) is 1. The highest BCUT2D eigenvalue weighted by Gasteiger charge is 2.25. The van der Waals surface area contributed by atoms with Gasteiger partial charge in [-0.25, -0.2) is 0 Å². The predicted molar refractivity (Wildman–Crippen MR) is 72.2 cm³/mol. The number of carboxylic acids is 1. The van der Waals surface area contributed by atoms with Gasteiger partial charge in [0.25, 0.3) is 0 Å². The van der Waals surface area contributed by atoms with Gasteiger partial charge in [-0.05, 0) is 17.4 Å². The zero-order chi connectivity index (χ0) is 13.5. The molecule has 0 saturated carbocycles. The van der Waals surface area contributed by atoms with Crippen LogP contribution in [0.15, 0.2) is 30.3 Å². The van der Waals surface area contributed by atoms with E-state index in [0.29, 0.717) is 6.42 Å². The van der Waals surface area contributed by atoms with Gasteiger partial charge in [0.1, 0.15) is 0 Å². The van der Waals surface area contributed by atoms with E-state index in [1.54, 1.807) is 0 Å².